The third kappa shape index (κ3) is 5.10. The Morgan fingerprint density at radius 2 is 2.04 bits per heavy atom. The quantitative estimate of drug-likeness (QED) is 0.615. The number of aryl methyl sites for hydroxylation is 1. The molecule has 7 nitrogen and oxygen atoms in total. The summed E-state index contributed by atoms with van der Waals surface area (Å²) in [7, 11) is 2.88. The molecule has 132 valence electrons. The molecule has 23 heavy (non-hydrogen) atoms. The van der Waals surface area contributed by atoms with Gasteiger partial charge in [-0.2, -0.15) is 13.2 Å². The number of nitrogens with one attached hydrogen (secondary N) is 2. The van der Waals surface area contributed by atoms with Crippen molar-refractivity contribution >= 4 is 6.03 Å². The molecule has 0 radical (unpaired) electrons. The number of alkyl halides is 3. The zero-order chi connectivity index (χ0) is 17.5. The van der Waals surface area contributed by atoms with E-state index in [1.165, 1.54) is 26.6 Å². The van der Waals surface area contributed by atoms with E-state index in [1.54, 1.807) is 0 Å². The number of imidazole rings is 1. The molecule has 1 aromatic heterocycles. The van der Waals surface area contributed by atoms with Crippen LogP contribution in [0.1, 0.15) is 18.7 Å². The fourth-order valence-electron chi connectivity index (χ4n) is 1.98. The molecular formula is C13H21F3N4O3. The molecule has 10 heteroatoms. The summed E-state index contributed by atoms with van der Waals surface area (Å²) in [4.78, 5) is 15.0. The standard InChI is InChI=1S/C13H21F3N4O3/c1-20-8-7-17-10(20)12(22,13(14,15)16)4-6-19-11(21)18-5-3-9-23-2/h7-8,22H,3-6,9H2,1-2H3,(H2,18,19,21). The Bertz CT molecular complexity index is 507. The first kappa shape index (κ1) is 19.2. The van der Waals surface area contributed by atoms with Gasteiger partial charge in [-0.15, -0.1) is 0 Å². The van der Waals surface area contributed by atoms with Crippen LogP contribution in [-0.2, 0) is 17.4 Å². The molecule has 0 saturated carbocycles. The Morgan fingerprint density at radius 3 is 2.57 bits per heavy atom. The minimum Gasteiger partial charge on any atom is -0.385 e. The molecule has 0 aliphatic rings. The highest BCUT2D eigenvalue weighted by Crippen LogP contribution is 2.40. The number of urea groups is 1. The number of rotatable bonds is 8. The number of ether oxygens (including phenoxy) is 1. The van der Waals surface area contributed by atoms with Gasteiger partial charge >= 0.3 is 12.2 Å². The Kier molecular flexibility index (Phi) is 6.82. The zero-order valence-corrected chi connectivity index (χ0v) is 13.0. The van der Waals surface area contributed by atoms with Crippen LogP contribution in [0.2, 0.25) is 0 Å². The van der Waals surface area contributed by atoms with Gasteiger partial charge in [0.25, 0.3) is 0 Å². The Hall–Kier alpha value is -1.81. The predicted octanol–water partition coefficient (Wildman–Crippen LogP) is 0.896. The van der Waals surface area contributed by atoms with Gasteiger partial charge in [0, 0.05) is 52.7 Å². The topological polar surface area (TPSA) is 88.4 Å². The summed E-state index contributed by atoms with van der Waals surface area (Å²) in [6.07, 6.45) is -2.59. The van der Waals surface area contributed by atoms with Crippen molar-refractivity contribution in [3.05, 3.63) is 18.2 Å². The van der Waals surface area contributed by atoms with E-state index in [1.807, 2.05) is 0 Å². The molecular weight excluding hydrogens is 317 g/mol. The second kappa shape index (κ2) is 8.16. The highest BCUT2D eigenvalue weighted by atomic mass is 19.4. The average Bonchev–Trinajstić information content (AvgIpc) is 2.89. The van der Waals surface area contributed by atoms with E-state index in [-0.39, 0.29) is 6.54 Å². The van der Waals surface area contributed by atoms with Crippen molar-refractivity contribution in [1.29, 1.82) is 0 Å². The smallest absolute Gasteiger partial charge is 0.385 e. The van der Waals surface area contributed by atoms with Gasteiger partial charge in [-0.25, -0.2) is 9.78 Å². The molecule has 0 fully saturated rings. The van der Waals surface area contributed by atoms with E-state index in [9.17, 15) is 23.1 Å². The number of nitrogens with zero attached hydrogens (tertiary/aromatic N) is 2. The van der Waals surface area contributed by atoms with Crippen molar-refractivity contribution in [1.82, 2.24) is 20.2 Å². The van der Waals surface area contributed by atoms with Gasteiger partial charge in [-0.3, -0.25) is 0 Å². The minimum absolute atomic E-state index is 0.336. The summed E-state index contributed by atoms with van der Waals surface area (Å²) >= 11 is 0. The molecule has 0 saturated heterocycles. The number of amides is 2. The van der Waals surface area contributed by atoms with Crippen molar-refractivity contribution in [2.24, 2.45) is 7.05 Å². The fraction of sp³-hybridized carbons (Fsp3) is 0.692. The first-order valence-electron chi connectivity index (χ1n) is 7.00. The predicted molar refractivity (Wildman–Crippen MR) is 75.7 cm³/mol. The number of halogens is 3. The second-order valence-corrected chi connectivity index (χ2v) is 5.00. The summed E-state index contributed by atoms with van der Waals surface area (Å²) < 4.78 is 45.5. The maximum atomic E-state index is 13.2. The number of hydrogen-bond acceptors (Lipinski definition) is 4. The van der Waals surface area contributed by atoms with Gasteiger partial charge in [0.05, 0.1) is 0 Å². The Balaban J connectivity index is 2.57. The molecule has 3 N–H and O–H groups in total. The summed E-state index contributed by atoms with van der Waals surface area (Å²) in [5.41, 5.74) is -3.13. The lowest BCUT2D eigenvalue weighted by Gasteiger charge is -2.29. The third-order valence-corrected chi connectivity index (χ3v) is 3.24. The average molecular weight is 338 g/mol. The van der Waals surface area contributed by atoms with E-state index < -0.39 is 30.1 Å². The molecule has 1 atom stereocenters. The van der Waals surface area contributed by atoms with Crippen molar-refractivity contribution in [2.75, 3.05) is 26.8 Å². The molecule has 1 aromatic rings. The van der Waals surface area contributed by atoms with Crippen molar-refractivity contribution < 1.29 is 27.8 Å². The number of carbonyl (C=O) groups is 1. The van der Waals surface area contributed by atoms with E-state index in [0.717, 1.165) is 4.57 Å². The Labute approximate surface area is 131 Å². The molecule has 0 aliphatic heterocycles. The van der Waals surface area contributed by atoms with Crippen LogP contribution in [-0.4, -0.2) is 53.7 Å². The molecule has 0 aromatic carbocycles. The molecule has 2 amide bonds. The van der Waals surface area contributed by atoms with Crippen LogP contribution in [0.15, 0.2) is 12.4 Å². The molecule has 0 aliphatic carbocycles. The molecule has 0 spiro atoms. The van der Waals surface area contributed by atoms with E-state index >= 15 is 0 Å². The van der Waals surface area contributed by atoms with Gasteiger partial charge in [0.2, 0.25) is 5.60 Å². The first-order valence-corrected chi connectivity index (χ1v) is 7.00. The van der Waals surface area contributed by atoms with Gasteiger partial charge < -0.3 is 25.0 Å². The van der Waals surface area contributed by atoms with Crippen LogP contribution in [0, 0.1) is 0 Å². The monoisotopic (exact) mass is 338 g/mol. The van der Waals surface area contributed by atoms with Gasteiger partial charge in [-0.1, -0.05) is 0 Å². The number of aromatic nitrogens is 2. The first-order chi connectivity index (χ1) is 10.7. The highest BCUT2D eigenvalue weighted by molar-refractivity contribution is 5.73. The summed E-state index contributed by atoms with van der Waals surface area (Å²) in [5.74, 6) is -0.521. The normalized spacial score (nSPS) is 14.3. The van der Waals surface area contributed by atoms with E-state index in [4.69, 9.17) is 4.74 Å². The van der Waals surface area contributed by atoms with Crippen LogP contribution < -0.4 is 10.6 Å². The lowest BCUT2D eigenvalue weighted by molar-refractivity contribution is -0.272. The lowest BCUT2D eigenvalue weighted by atomic mass is 9.97. The van der Waals surface area contributed by atoms with Crippen molar-refractivity contribution in [3.8, 4) is 0 Å². The summed E-state index contributed by atoms with van der Waals surface area (Å²) in [6, 6.07) is -0.606. The fourth-order valence-corrected chi connectivity index (χ4v) is 1.98. The van der Waals surface area contributed by atoms with Crippen LogP contribution in [0.4, 0.5) is 18.0 Å². The Morgan fingerprint density at radius 1 is 1.39 bits per heavy atom. The minimum atomic E-state index is -4.91. The summed E-state index contributed by atoms with van der Waals surface area (Å²) in [5, 5.41) is 14.8. The maximum Gasteiger partial charge on any atom is 0.424 e. The summed E-state index contributed by atoms with van der Waals surface area (Å²) in [6.45, 7) is 0.439. The highest BCUT2D eigenvalue weighted by Gasteiger charge is 2.57. The molecule has 0 bridgehead atoms. The van der Waals surface area contributed by atoms with Gasteiger partial charge in [0.15, 0.2) is 0 Å². The number of carbonyl (C=O) groups excluding carboxylic acids is 1. The number of hydrogen-bond donors (Lipinski definition) is 3. The molecule has 1 heterocycles. The SMILES string of the molecule is COCCCNC(=O)NCCC(O)(c1nccn1C)C(F)(F)F. The third-order valence-electron chi connectivity index (χ3n) is 3.24. The van der Waals surface area contributed by atoms with Crippen LogP contribution in [0.5, 0.6) is 0 Å². The van der Waals surface area contributed by atoms with Crippen molar-refractivity contribution in [2.45, 2.75) is 24.6 Å². The van der Waals surface area contributed by atoms with Crippen LogP contribution in [0.3, 0.4) is 0 Å². The number of methoxy groups -OCH3 is 1. The van der Waals surface area contributed by atoms with Crippen molar-refractivity contribution in [3.63, 3.8) is 0 Å². The van der Waals surface area contributed by atoms with E-state index in [2.05, 4.69) is 15.6 Å². The van der Waals surface area contributed by atoms with Crippen LogP contribution >= 0.6 is 0 Å². The second-order valence-electron chi connectivity index (χ2n) is 5.00. The maximum absolute atomic E-state index is 13.2. The number of aliphatic hydroxyl groups is 1. The molecule has 1 rings (SSSR count). The largest absolute Gasteiger partial charge is 0.424 e. The zero-order valence-electron chi connectivity index (χ0n) is 13.0. The van der Waals surface area contributed by atoms with Crippen LogP contribution in [0.25, 0.3) is 0 Å². The van der Waals surface area contributed by atoms with Gasteiger partial charge in [0.1, 0.15) is 5.82 Å². The van der Waals surface area contributed by atoms with Gasteiger partial charge in [-0.05, 0) is 6.42 Å². The lowest BCUT2D eigenvalue weighted by Crippen LogP contribution is -2.47. The molecule has 1 unspecified atom stereocenters. The van der Waals surface area contributed by atoms with E-state index in [0.29, 0.717) is 19.6 Å².